The summed E-state index contributed by atoms with van der Waals surface area (Å²) in [5, 5.41) is 12.3. The highest BCUT2D eigenvalue weighted by molar-refractivity contribution is 7.13. The second-order valence-corrected chi connectivity index (χ2v) is 5.61. The SMILES string of the molecule is CC(=O)Nc1cccc(-c2n[nH]c(Cc3csc(N)n3)n2)c1. The van der Waals surface area contributed by atoms with Gasteiger partial charge in [0.15, 0.2) is 11.0 Å². The number of benzene rings is 1. The molecule has 0 radical (unpaired) electrons. The summed E-state index contributed by atoms with van der Waals surface area (Å²) in [6.07, 6.45) is 0.548. The standard InChI is InChI=1S/C14H14N6OS/c1-8(21)16-10-4-2-3-9(5-10)13-18-12(19-20-13)6-11-7-22-14(15)17-11/h2-5,7H,6H2,1H3,(H2,15,17)(H,16,21)(H,18,19,20). The van der Waals surface area contributed by atoms with E-state index in [9.17, 15) is 4.79 Å². The number of carbonyl (C=O) groups excluding carboxylic acids is 1. The number of H-pyrrole nitrogens is 1. The molecule has 0 saturated heterocycles. The molecule has 2 aromatic heterocycles. The number of nitrogens with two attached hydrogens (primary N) is 1. The van der Waals surface area contributed by atoms with Gasteiger partial charge in [0, 0.05) is 23.6 Å². The Bertz CT molecular complexity index is 809. The van der Waals surface area contributed by atoms with Gasteiger partial charge in [-0.3, -0.25) is 9.89 Å². The fraction of sp³-hybridized carbons (Fsp3) is 0.143. The Balaban J connectivity index is 1.79. The second-order valence-electron chi connectivity index (χ2n) is 4.72. The Morgan fingerprint density at radius 2 is 2.27 bits per heavy atom. The van der Waals surface area contributed by atoms with E-state index in [-0.39, 0.29) is 5.91 Å². The highest BCUT2D eigenvalue weighted by Crippen LogP contribution is 2.20. The van der Waals surface area contributed by atoms with Crippen LogP contribution >= 0.6 is 11.3 Å². The Kier molecular flexibility index (Phi) is 3.84. The van der Waals surface area contributed by atoms with Crippen molar-refractivity contribution in [2.75, 3.05) is 11.1 Å². The van der Waals surface area contributed by atoms with E-state index < -0.39 is 0 Å². The van der Waals surface area contributed by atoms with Crippen molar-refractivity contribution in [3.8, 4) is 11.4 Å². The first kappa shape index (κ1) is 14.2. The third kappa shape index (κ3) is 3.29. The lowest BCUT2D eigenvalue weighted by Gasteiger charge is -2.02. The van der Waals surface area contributed by atoms with E-state index in [0.29, 0.717) is 28.9 Å². The Labute approximate surface area is 130 Å². The van der Waals surface area contributed by atoms with Crippen molar-refractivity contribution in [1.82, 2.24) is 20.2 Å². The average molecular weight is 314 g/mol. The van der Waals surface area contributed by atoms with Crippen LogP contribution in [0.1, 0.15) is 18.4 Å². The molecule has 0 atom stereocenters. The molecule has 8 heteroatoms. The van der Waals surface area contributed by atoms with Crippen molar-refractivity contribution in [3.05, 3.63) is 41.2 Å². The largest absolute Gasteiger partial charge is 0.375 e. The van der Waals surface area contributed by atoms with Crippen LogP contribution in [-0.4, -0.2) is 26.1 Å². The quantitative estimate of drug-likeness (QED) is 0.683. The van der Waals surface area contributed by atoms with E-state index in [1.165, 1.54) is 18.3 Å². The molecular formula is C14H14N6OS. The lowest BCUT2D eigenvalue weighted by atomic mass is 10.2. The maximum absolute atomic E-state index is 11.1. The molecule has 7 nitrogen and oxygen atoms in total. The monoisotopic (exact) mass is 314 g/mol. The number of rotatable bonds is 4. The van der Waals surface area contributed by atoms with Gasteiger partial charge in [0.2, 0.25) is 5.91 Å². The molecule has 2 heterocycles. The molecule has 112 valence electrons. The fourth-order valence-electron chi connectivity index (χ4n) is 2.02. The normalized spacial score (nSPS) is 10.6. The molecule has 0 aliphatic rings. The molecule has 1 aromatic carbocycles. The molecule has 0 unspecified atom stereocenters. The zero-order chi connectivity index (χ0) is 15.5. The summed E-state index contributed by atoms with van der Waals surface area (Å²) >= 11 is 1.40. The molecule has 0 aliphatic carbocycles. The first-order chi connectivity index (χ1) is 10.6. The van der Waals surface area contributed by atoms with Crippen LogP contribution in [0.2, 0.25) is 0 Å². The zero-order valence-corrected chi connectivity index (χ0v) is 12.6. The topological polar surface area (TPSA) is 110 Å². The molecule has 0 saturated carbocycles. The maximum Gasteiger partial charge on any atom is 0.221 e. The predicted molar refractivity (Wildman–Crippen MR) is 85.5 cm³/mol. The van der Waals surface area contributed by atoms with Gasteiger partial charge in [-0.2, -0.15) is 5.10 Å². The molecular weight excluding hydrogens is 300 g/mol. The number of aromatic amines is 1. The van der Waals surface area contributed by atoms with Crippen LogP contribution < -0.4 is 11.1 Å². The highest BCUT2D eigenvalue weighted by Gasteiger charge is 2.09. The van der Waals surface area contributed by atoms with Gasteiger partial charge in [-0.25, -0.2) is 9.97 Å². The zero-order valence-electron chi connectivity index (χ0n) is 11.8. The Hall–Kier alpha value is -2.74. The fourth-order valence-corrected chi connectivity index (χ4v) is 2.58. The van der Waals surface area contributed by atoms with Gasteiger partial charge in [-0.15, -0.1) is 11.3 Å². The summed E-state index contributed by atoms with van der Waals surface area (Å²) in [7, 11) is 0. The number of aromatic nitrogens is 4. The molecule has 4 N–H and O–H groups in total. The van der Waals surface area contributed by atoms with E-state index in [4.69, 9.17) is 5.73 Å². The molecule has 0 spiro atoms. The minimum Gasteiger partial charge on any atom is -0.375 e. The second kappa shape index (κ2) is 5.94. The van der Waals surface area contributed by atoms with Crippen LogP contribution in [0.4, 0.5) is 10.8 Å². The van der Waals surface area contributed by atoms with E-state index in [0.717, 1.165) is 11.3 Å². The lowest BCUT2D eigenvalue weighted by molar-refractivity contribution is -0.114. The van der Waals surface area contributed by atoms with Crippen molar-refractivity contribution in [1.29, 1.82) is 0 Å². The lowest BCUT2D eigenvalue weighted by Crippen LogP contribution is -2.05. The molecule has 0 bridgehead atoms. The average Bonchev–Trinajstić information content (AvgIpc) is 3.08. The number of amides is 1. The van der Waals surface area contributed by atoms with Crippen LogP contribution in [0.3, 0.4) is 0 Å². The molecule has 3 rings (SSSR count). The van der Waals surface area contributed by atoms with Crippen LogP contribution in [0.15, 0.2) is 29.6 Å². The number of carbonyl (C=O) groups is 1. The summed E-state index contributed by atoms with van der Waals surface area (Å²) < 4.78 is 0. The summed E-state index contributed by atoms with van der Waals surface area (Å²) in [4.78, 5) is 19.8. The number of nitrogens with one attached hydrogen (secondary N) is 2. The van der Waals surface area contributed by atoms with Gasteiger partial charge in [0.1, 0.15) is 5.82 Å². The predicted octanol–water partition coefficient (Wildman–Crippen LogP) is 2.06. The minimum absolute atomic E-state index is 0.117. The minimum atomic E-state index is -0.117. The van der Waals surface area contributed by atoms with Crippen molar-refractivity contribution >= 4 is 28.1 Å². The number of anilines is 2. The van der Waals surface area contributed by atoms with Gasteiger partial charge >= 0.3 is 0 Å². The molecule has 3 aromatic rings. The highest BCUT2D eigenvalue weighted by atomic mass is 32.1. The van der Waals surface area contributed by atoms with Gasteiger partial charge < -0.3 is 11.1 Å². The van der Waals surface area contributed by atoms with Crippen molar-refractivity contribution in [2.45, 2.75) is 13.3 Å². The number of hydrogen-bond acceptors (Lipinski definition) is 6. The van der Waals surface area contributed by atoms with Crippen molar-refractivity contribution < 1.29 is 4.79 Å². The summed E-state index contributed by atoms with van der Waals surface area (Å²) in [6.45, 7) is 1.47. The van der Waals surface area contributed by atoms with Crippen molar-refractivity contribution in [3.63, 3.8) is 0 Å². The number of nitrogen functional groups attached to an aromatic ring is 1. The summed E-state index contributed by atoms with van der Waals surface area (Å²) in [5.41, 5.74) is 8.01. The summed E-state index contributed by atoms with van der Waals surface area (Å²) in [5.74, 6) is 1.17. The molecule has 22 heavy (non-hydrogen) atoms. The molecule has 0 aliphatic heterocycles. The van der Waals surface area contributed by atoms with Gasteiger partial charge in [0.05, 0.1) is 12.1 Å². The summed E-state index contributed by atoms with van der Waals surface area (Å²) in [6, 6.07) is 7.38. The third-order valence-corrected chi connectivity index (χ3v) is 3.61. The van der Waals surface area contributed by atoms with Crippen molar-refractivity contribution in [2.24, 2.45) is 0 Å². The van der Waals surface area contributed by atoms with Gasteiger partial charge in [-0.05, 0) is 12.1 Å². The van der Waals surface area contributed by atoms with E-state index in [1.54, 1.807) is 0 Å². The molecule has 1 amide bonds. The van der Waals surface area contributed by atoms with Crippen LogP contribution in [0, 0.1) is 0 Å². The number of thiazole rings is 1. The van der Waals surface area contributed by atoms with Crippen LogP contribution in [-0.2, 0) is 11.2 Å². The van der Waals surface area contributed by atoms with E-state index >= 15 is 0 Å². The molecule has 0 fully saturated rings. The smallest absolute Gasteiger partial charge is 0.221 e. The number of nitrogens with zero attached hydrogens (tertiary/aromatic N) is 3. The van der Waals surface area contributed by atoms with E-state index in [1.807, 2.05) is 29.6 Å². The Morgan fingerprint density at radius 3 is 3.00 bits per heavy atom. The van der Waals surface area contributed by atoms with Gasteiger partial charge in [0.25, 0.3) is 0 Å². The first-order valence-electron chi connectivity index (χ1n) is 6.59. The maximum atomic E-state index is 11.1. The van der Waals surface area contributed by atoms with Crippen LogP contribution in [0.5, 0.6) is 0 Å². The first-order valence-corrected chi connectivity index (χ1v) is 7.47. The van der Waals surface area contributed by atoms with Gasteiger partial charge in [-0.1, -0.05) is 12.1 Å². The van der Waals surface area contributed by atoms with Crippen LogP contribution in [0.25, 0.3) is 11.4 Å². The Morgan fingerprint density at radius 1 is 1.41 bits per heavy atom. The number of hydrogen-bond donors (Lipinski definition) is 3. The van der Waals surface area contributed by atoms with E-state index in [2.05, 4.69) is 25.5 Å². The third-order valence-electron chi connectivity index (χ3n) is 2.89.